The number of carbonyl (C=O) groups is 1. The number of nitrogens with zero attached hydrogens (tertiary/aromatic N) is 1. The number of imidazole rings is 1. The predicted octanol–water partition coefficient (Wildman–Crippen LogP) is 3.08. The van der Waals surface area contributed by atoms with Gasteiger partial charge in [0, 0.05) is 5.69 Å². The second kappa shape index (κ2) is 6.45. The van der Waals surface area contributed by atoms with Crippen LogP contribution in [0, 0.1) is 12.7 Å². The lowest BCUT2D eigenvalue weighted by Crippen LogP contribution is -2.23. The van der Waals surface area contributed by atoms with Crippen molar-refractivity contribution in [3.63, 3.8) is 0 Å². The molecule has 1 heterocycles. The summed E-state index contributed by atoms with van der Waals surface area (Å²) in [5.41, 5.74) is 2.22. The van der Waals surface area contributed by atoms with Crippen LogP contribution in [0.15, 0.2) is 41.6 Å². The van der Waals surface area contributed by atoms with Gasteiger partial charge in [-0.2, -0.15) is 0 Å². The number of aromatic nitrogens is 2. The molecule has 25 heavy (non-hydrogen) atoms. The fraction of sp³-hybridized carbons (Fsp3) is 0.125. The summed E-state index contributed by atoms with van der Waals surface area (Å²) in [6, 6.07) is 8.84. The number of hydrogen-bond acceptors (Lipinski definition) is 4. The molecule has 0 fully saturated rings. The number of amides is 1. The van der Waals surface area contributed by atoms with Crippen LogP contribution in [0.1, 0.15) is 5.56 Å². The van der Waals surface area contributed by atoms with Crippen molar-refractivity contribution < 1.29 is 17.6 Å². The Morgan fingerprint density at radius 2 is 2.04 bits per heavy atom. The van der Waals surface area contributed by atoms with Crippen LogP contribution in [-0.2, 0) is 14.6 Å². The Bertz CT molecular complexity index is 1080. The molecule has 3 rings (SSSR count). The highest BCUT2D eigenvalue weighted by molar-refractivity contribution is 7.92. The summed E-state index contributed by atoms with van der Waals surface area (Å²) in [4.78, 5) is 18.7. The van der Waals surface area contributed by atoms with Crippen LogP contribution < -0.4 is 5.32 Å². The molecule has 1 amide bonds. The Morgan fingerprint density at radius 3 is 2.76 bits per heavy atom. The topological polar surface area (TPSA) is 91.9 Å². The summed E-state index contributed by atoms with van der Waals surface area (Å²) < 4.78 is 37.8. The molecule has 0 unspecified atom stereocenters. The van der Waals surface area contributed by atoms with Crippen LogP contribution in [0.4, 0.5) is 10.1 Å². The van der Waals surface area contributed by atoms with Gasteiger partial charge < -0.3 is 10.3 Å². The molecule has 2 aromatic carbocycles. The zero-order chi connectivity index (χ0) is 18.2. The molecule has 0 radical (unpaired) electrons. The van der Waals surface area contributed by atoms with E-state index in [0.29, 0.717) is 11.0 Å². The minimum absolute atomic E-state index is 0.173. The van der Waals surface area contributed by atoms with Gasteiger partial charge in [-0.15, -0.1) is 0 Å². The number of rotatable bonds is 4. The molecule has 0 saturated heterocycles. The smallest absolute Gasteiger partial charge is 0.240 e. The number of aryl methyl sites for hydroxylation is 1. The van der Waals surface area contributed by atoms with Gasteiger partial charge in [0.1, 0.15) is 11.6 Å². The molecule has 130 valence electrons. The average molecular weight is 382 g/mol. The summed E-state index contributed by atoms with van der Waals surface area (Å²) in [5, 5.41) is 1.92. The van der Waals surface area contributed by atoms with E-state index < -0.39 is 27.3 Å². The number of hydrogen-bond donors (Lipinski definition) is 2. The summed E-state index contributed by atoms with van der Waals surface area (Å²) in [7, 11) is -3.96. The van der Waals surface area contributed by atoms with E-state index in [9.17, 15) is 17.6 Å². The van der Waals surface area contributed by atoms with Gasteiger partial charge >= 0.3 is 0 Å². The maximum atomic E-state index is 13.1. The minimum Gasteiger partial charge on any atom is -0.329 e. The number of anilines is 1. The van der Waals surface area contributed by atoms with Crippen LogP contribution in [0.3, 0.4) is 0 Å². The Hall–Kier alpha value is -2.45. The van der Waals surface area contributed by atoms with Crippen molar-refractivity contribution in [3.05, 3.63) is 52.8 Å². The predicted molar refractivity (Wildman–Crippen MR) is 92.9 cm³/mol. The van der Waals surface area contributed by atoms with Crippen LogP contribution in [0.25, 0.3) is 11.0 Å². The van der Waals surface area contributed by atoms with Gasteiger partial charge in [0.05, 0.1) is 16.1 Å². The molecule has 0 aliphatic heterocycles. The molecule has 0 bridgehead atoms. The van der Waals surface area contributed by atoms with Gasteiger partial charge in [-0.1, -0.05) is 17.7 Å². The maximum absolute atomic E-state index is 13.1. The Morgan fingerprint density at radius 1 is 1.28 bits per heavy atom. The first-order chi connectivity index (χ1) is 11.7. The fourth-order valence-electron chi connectivity index (χ4n) is 2.26. The first kappa shape index (κ1) is 17.4. The highest BCUT2D eigenvalue weighted by atomic mass is 35.5. The average Bonchev–Trinajstić information content (AvgIpc) is 2.94. The molecule has 1 aromatic heterocycles. The molecular weight excluding hydrogens is 369 g/mol. The van der Waals surface area contributed by atoms with E-state index in [1.807, 2.05) is 13.0 Å². The Labute approximate surface area is 147 Å². The van der Waals surface area contributed by atoms with Crippen molar-refractivity contribution in [2.45, 2.75) is 12.1 Å². The van der Waals surface area contributed by atoms with Crippen LogP contribution in [-0.4, -0.2) is 30.0 Å². The molecular formula is C16H13ClFN3O3S. The van der Waals surface area contributed by atoms with Crippen molar-refractivity contribution in [1.29, 1.82) is 0 Å². The first-order valence-electron chi connectivity index (χ1n) is 7.19. The minimum atomic E-state index is -3.96. The van der Waals surface area contributed by atoms with Gasteiger partial charge in [-0.25, -0.2) is 17.8 Å². The third-order valence-electron chi connectivity index (χ3n) is 3.43. The van der Waals surface area contributed by atoms with E-state index in [-0.39, 0.29) is 15.9 Å². The standard InChI is InChI=1S/C16H13ClFN3O3S/c1-9-2-5-13-14(6-9)21-16(20-13)25(23,24)8-15(22)19-10-3-4-12(18)11(17)7-10/h2-7H,8H2,1H3,(H,19,22)(H,20,21). The number of sulfone groups is 1. The number of carbonyl (C=O) groups excluding carboxylic acids is 1. The highest BCUT2D eigenvalue weighted by Crippen LogP contribution is 2.20. The second-order valence-electron chi connectivity index (χ2n) is 5.50. The molecule has 0 aliphatic carbocycles. The molecule has 9 heteroatoms. The molecule has 0 aliphatic rings. The highest BCUT2D eigenvalue weighted by Gasteiger charge is 2.23. The molecule has 6 nitrogen and oxygen atoms in total. The van der Waals surface area contributed by atoms with Gasteiger partial charge in [0.2, 0.25) is 20.9 Å². The number of H-pyrrole nitrogens is 1. The number of benzene rings is 2. The van der Waals surface area contributed by atoms with Crippen molar-refractivity contribution in [3.8, 4) is 0 Å². The third kappa shape index (κ3) is 3.80. The maximum Gasteiger partial charge on any atom is 0.240 e. The van der Waals surface area contributed by atoms with Crippen molar-refractivity contribution in [1.82, 2.24) is 9.97 Å². The summed E-state index contributed by atoms with van der Waals surface area (Å²) >= 11 is 5.62. The zero-order valence-corrected chi connectivity index (χ0v) is 14.6. The normalized spacial score (nSPS) is 11.6. The largest absolute Gasteiger partial charge is 0.329 e. The molecule has 0 saturated carbocycles. The fourth-order valence-corrected chi connectivity index (χ4v) is 3.50. The summed E-state index contributed by atoms with van der Waals surface area (Å²) in [5.74, 6) is -2.22. The van der Waals surface area contributed by atoms with Crippen LogP contribution in [0.5, 0.6) is 0 Å². The van der Waals surface area contributed by atoms with Gasteiger partial charge in [-0.05, 0) is 42.8 Å². The molecule has 0 atom stereocenters. The van der Waals surface area contributed by atoms with E-state index in [0.717, 1.165) is 11.6 Å². The zero-order valence-electron chi connectivity index (χ0n) is 13.0. The van der Waals surface area contributed by atoms with Crippen LogP contribution in [0.2, 0.25) is 5.02 Å². The number of nitrogens with one attached hydrogen (secondary N) is 2. The van der Waals surface area contributed by atoms with Gasteiger partial charge in [-0.3, -0.25) is 4.79 Å². The third-order valence-corrected chi connectivity index (χ3v) is 5.15. The summed E-state index contributed by atoms with van der Waals surface area (Å²) in [6.07, 6.45) is 0. The lowest BCUT2D eigenvalue weighted by atomic mass is 10.2. The summed E-state index contributed by atoms with van der Waals surface area (Å²) in [6.45, 7) is 1.87. The molecule has 3 aromatic rings. The van der Waals surface area contributed by atoms with Crippen LogP contribution >= 0.6 is 11.6 Å². The number of halogens is 2. The van der Waals surface area contributed by atoms with E-state index in [2.05, 4.69) is 15.3 Å². The number of aromatic amines is 1. The lowest BCUT2D eigenvalue weighted by Gasteiger charge is -2.06. The van der Waals surface area contributed by atoms with Crippen molar-refractivity contribution in [2.24, 2.45) is 0 Å². The monoisotopic (exact) mass is 381 g/mol. The number of fused-ring (bicyclic) bond motifs is 1. The van der Waals surface area contributed by atoms with Gasteiger partial charge in [0.15, 0.2) is 0 Å². The van der Waals surface area contributed by atoms with Crippen molar-refractivity contribution >= 4 is 44.1 Å². The van der Waals surface area contributed by atoms with E-state index in [1.165, 1.54) is 12.1 Å². The second-order valence-corrected chi connectivity index (χ2v) is 7.81. The quantitative estimate of drug-likeness (QED) is 0.726. The SMILES string of the molecule is Cc1ccc2nc(S(=O)(=O)CC(=O)Nc3ccc(F)c(Cl)c3)[nH]c2c1. The lowest BCUT2D eigenvalue weighted by molar-refractivity contribution is -0.113. The van der Waals surface area contributed by atoms with E-state index in [1.54, 1.807) is 12.1 Å². The van der Waals surface area contributed by atoms with Crippen molar-refractivity contribution in [2.75, 3.05) is 11.1 Å². The molecule has 0 spiro atoms. The molecule has 2 N–H and O–H groups in total. The van der Waals surface area contributed by atoms with E-state index >= 15 is 0 Å². The van der Waals surface area contributed by atoms with Gasteiger partial charge in [0.25, 0.3) is 0 Å². The van der Waals surface area contributed by atoms with E-state index in [4.69, 9.17) is 11.6 Å². The Kier molecular flexibility index (Phi) is 4.49. The Balaban J connectivity index is 1.79. The first-order valence-corrected chi connectivity index (χ1v) is 9.22.